The van der Waals surface area contributed by atoms with Crippen molar-refractivity contribution in [2.75, 3.05) is 23.0 Å². The molecule has 1 heterocycles. The van der Waals surface area contributed by atoms with Crippen molar-refractivity contribution in [1.82, 2.24) is 0 Å². The molecule has 0 spiro atoms. The summed E-state index contributed by atoms with van der Waals surface area (Å²) in [6.07, 6.45) is 0. The van der Waals surface area contributed by atoms with Gasteiger partial charge in [0.15, 0.2) is 6.61 Å². The predicted octanol–water partition coefficient (Wildman–Crippen LogP) is 3.65. The molecule has 0 saturated carbocycles. The average molecular weight is 324 g/mol. The van der Waals surface area contributed by atoms with Gasteiger partial charge in [-0.25, -0.2) is 0 Å². The van der Waals surface area contributed by atoms with Crippen LogP contribution in [0.25, 0.3) is 0 Å². The molecule has 0 atom stereocenters. The van der Waals surface area contributed by atoms with E-state index in [1.54, 1.807) is 30.3 Å². The third kappa shape index (κ3) is 2.99. The van der Waals surface area contributed by atoms with Crippen molar-refractivity contribution in [2.45, 2.75) is 0 Å². The molecular weight excluding hydrogens is 313 g/mol. The van der Waals surface area contributed by atoms with Gasteiger partial charge in [0.05, 0.1) is 17.1 Å². The van der Waals surface area contributed by atoms with Gasteiger partial charge in [-0.3, -0.25) is 4.79 Å². The second-order valence-electron chi connectivity index (χ2n) is 4.56. The first-order valence-electron chi connectivity index (χ1n) is 6.10. The molecule has 2 aromatic carbocycles. The summed E-state index contributed by atoms with van der Waals surface area (Å²) in [6.45, 7) is -0.0108. The minimum absolute atomic E-state index is 0.0108. The van der Waals surface area contributed by atoms with Gasteiger partial charge in [-0.05, 0) is 24.3 Å². The lowest BCUT2D eigenvalue weighted by Crippen LogP contribution is -2.25. The molecule has 0 aliphatic carbocycles. The van der Waals surface area contributed by atoms with Crippen molar-refractivity contribution in [1.29, 1.82) is 0 Å². The van der Waals surface area contributed by atoms with Gasteiger partial charge in [0, 0.05) is 21.8 Å². The van der Waals surface area contributed by atoms with Gasteiger partial charge in [-0.2, -0.15) is 0 Å². The summed E-state index contributed by atoms with van der Waals surface area (Å²) < 4.78 is 5.30. The fourth-order valence-corrected chi connectivity index (χ4v) is 2.56. The monoisotopic (exact) mass is 323 g/mol. The quantitative estimate of drug-likeness (QED) is 0.737. The highest BCUT2D eigenvalue weighted by Crippen LogP contribution is 2.37. The third-order valence-electron chi connectivity index (χ3n) is 2.93. The number of fused-ring (bicyclic) bond motifs is 1. The Bertz CT molecular complexity index is 714. The van der Waals surface area contributed by atoms with Crippen molar-refractivity contribution < 1.29 is 9.53 Å². The van der Waals surface area contributed by atoms with Crippen LogP contribution in [-0.4, -0.2) is 12.5 Å². The van der Waals surface area contributed by atoms with E-state index in [1.807, 2.05) is 0 Å². The topological polar surface area (TPSA) is 76.4 Å². The molecule has 0 unspecified atom stereocenters. The molecule has 2 aromatic rings. The number of anilines is 4. The Kier molecular flexibility index (Phi) is 3.53. The summed E-state index contributed by atoms with van der Waals surface area (Å²) in [5, 5.41) is 6.87. The number of carbonyl (C=O) groups is 1. The third-order valence-corrected chi connectivity index (χ3v) is 3.36. The van der Waals surface area contributed by atoms with Crippen molar-refractivity contribution in [2.24, 2.45) is 0 Å². The molecule has 0 bridgehead atoms. The molecule has 4 N–H and O–H groups in total. The van der Waals surface area contributed by atoms with Crippen LogP contribution < -0.4 is 21.1 Å². The first-order chi connectivity index (χ1) is 10.0. The average Bonchev–Trinajstić information content (AvgIpc) is 2.39. The van der Waals surface area contributed by atoms with E-state index in [0.29, 0.717) is 38.5 Å². The minimum atomic E-state index is -0.205. The van der Waals surface area contributed by atoms with Crippen LogP contribution in [-0.2, 0) is 4.79 Å². The number of amides is 1. The molecule has 1 amide bonds. The van der Waals surface area contributed by atoms with Gasteiger partial charge in [-0.15, -0.1) is 0 Å². The molecule has 3 rings (SSSR count). The van der Waals surface area contributed by atoms with Crippen molar-refractivity contribution in [3.05, 3.63) is 40.4 Å². The van der Waals surface area contributed by atoms with E-state index in [-0.39, 0.29) is 12.5 Å². The largest absolute Gasteiger partial charge is 0.482 e. The number of hydrogen-bond acceptors (Lipinski definition) is 4. The lowest BCUT2D eigenvalue weighted by molar-refractivity contribution is -0.118. The van der Waals surface area contributed by atoms with Crippen molar-refractivity contribution >= 4 is 51.9 Å². The minimum Gasteiger partial charge on any atom is -0.482 e. The fourth-order valence-electron chi connectivity index (χ4n) is 2.03. The van der Waals surface area contributed by atoms with Gasteiger partial charge in [0.2, 0.25) is 0 Å². The Morgan fingerprint density at radius 1 is 1.14 bits per heavy atom. The summed E-state index contributed by atoms with van der Waals surface area (Å²) in [4.78, 5) is 11.3. The Morgan fingerprint density at radius 2 is 1.86 bits per heavy atom. The lowest BCUT2D eigenvalue weighted by atomic mass is 10.2. The Hall–Kier alpha value is -2.11. The van der Waals surface area contributed by atoms with E-state index in [4.69, 9.17) is 33.7 Å². The normalized spacial score (nSPS) is 13.1. The maximum Gasteiger partial charge on any atom is 0.262 e. The van der Waals surface area contributed by atoms with E-state index in [2.05, 4.69) is 10.6 Å². The SMILES string of the molecule is Nc1cc2c(cc1Nc1cc(Cl)cc(Cl)c1)NC(=O)CO2. The van der Waals surface area contributed by atoms with Crippen LogP contribution in [0.15, 0.2) is 30.3 Å². The second-order valence-corrected chi connectivity index (χ2v) is 5.43. The van der Waals surface area contributed by atoms with Crippen LogP contribution >= 0.6 is 23.2 Å². The van der Waals surface area contributed by atoms with E-state index >= 15 is 0 Å². The molecule has 7 heteroatoms. The summed E-state index contributed by atoms with van der Waals surface area (Å²) in [7, 11) is 0. The summed E-state index contributed by atoms with van der Waals surface area (Å²) in [6, 6.07) is 8.45. The smallest absolute Gasteiger partial charge is 0.262 e. The van der Waals surface area contributed by atoms with Crippen molar-refractivity contribution in [3.8, 4) is 5.75 Å². The highest BCUT2D eigenvalue weighted by molar-refractivity contribution is 6.35. The highest BCUT2D eigenvalue weighted by Gasteiger charge is 2.18. The van der Waals surface area contributed by atoms with Crippen LogP contribution in [0.2, 0.25) is 10.0 Å². The van der Waals surface area contributed by atoms with E-state index in [9.17, 15) is 4.79 Å². The Balaban J connectivity index is 1.95. The van der Waals surface area contributed by atoms with Gasteiger partial charge in [0.1, 0.15) is 5.75 Å². The standard InChI is InChI=1S/C14H11Cl2N3O2/c15-7-1-8(16)3-9(2-7)18-11-5-12-13(4-10(11)17)21-6-14(20)19-12/h1-5,18H,6,17H2,(H,19,20). The van der Waals surface area contributed by atoms with Gasteiger partial charge in [0.25, 0.3) is 5.91 Å². The predicted molar refractivity (Wildman–Crippen MR) is 84.7 cm³/mol. The van der Waals surface area contributed by atoms with Crippen molar-refractivity contribution in [3.63, 3.8) is 0 Å². The molecule has 5 nitrogen and oxygen atoms in total. The zero-order chi connectivity index (χ0) is 15.0. The zero-order valence-electron chi connectivity index (χ0n) is 10.7. The van der Waals surface area contributed by atoms with Gasteiger partial charge >= 0.3 is 0 Å². The molecule has 108 valence electrons. The van der Waals surface area contributed by atoms with Gasteiger partial charge < -0.3 is 21.1 Å². The number of ether oxygens (including phenoxy) is 1. The number of benzene rings is 2. The highest BCUT2D eigenvalue weighted by atomic mass is 35.5. The van der Waals surface area contributed by atoms with E-state index < -0.39 is 0 Å². The molecule has 0 fully saturated rings. The number of halogens is 2. The van der Waals surface area contributed by atoms with Crippen LogP contribution in [0.3, 0.4) is 0 Å². The number of nitrogens with two attached hydrogens (primary N) is 1. The van der Waals surface area contributed by atoms with Crippen LogP contribution in [0.5, 0.6) is 5.75 Å². The van der Waals surface area contributed by atoms with Gasteiger partial charge in [-0.1, -0.05) is 23.2 Å². The summed E-state index contributed by atoms with van der Waals surface area (Å²) >= 11 is 11.9. The molecule has 21 heavy (non-hydrogen) atoms. The zero-order valence-corrected chi connectivity index (χ0v) is 12.3. The van der Waals surface area contributed by atoms with E-state index in [1.165, 1.54) is 0 Å². The van der Waals surface area contributed by atoms with Crippen LogP contribution in [0, 0.1) is 0 Å². The summed E-state index contributed by atoms with van der Waals surface area (Å²) in [5.41, 5.74) is 8.35. The number of rotatable bonds is 2. The maximum absolute atomic E-state index is 11.3. The van der Waals surface area contributed by atoms with Crippen LogP contribution in [0.4, 0.5) is 22.7 Å². The Labute approximate surface area is 131 Å². The molecular formula is C14H11Cl2N3O2. The first-order valence-corrected chi connectivity index (χ1v) is 6.86. The fraction of sp³-hybridized carbons (Fsp3) is 0.0714. The molecule has 1 aliphatic rings. The lowest BCUT2D eigenvalue weighted by Gasteiger charge is -2.20. The second kappa shape index (κ2) is 5.35. The molecule has 1 aliphatic heterocycles. The van der Waals surface area contributed by atoms with Crippen LogP contribution in [0.1, 0.15) is 0 Å². The number of nitrogens with one attached hydrogen (secondary N) is 2. The molecule has 0 saturated heterocycles. The van der Waals surface area contributed by atoms with E-state index in [0.717, 1.165) is 0 Å². The first kappa shape index (κ1) is 13.9. The maximum atomic E-state index is 11.3. The molecule has 0 radical (unpaired) electrons. The number of nitrogen functional groups attached to an aromatic ring is 1. The number of carbonyl (C=O) groups excluding carboxylic acids is 1. The number of hydrogen-bond donors (Lipinski definition) is 3. The Morgan fingerprint density at radius 3 is 2.57 bits per heavy atom. The molecule has 0 aromatic heterocycles. The summed E-state index contributed by atoms with van der Waals surface area (Å²) in [5.74, 6) is 0.339.